The maximum absolute atomic E-state index is 12.2. The first-order valence-electron chi connectivity index (χ1n) is 7.58. The number of nitrogens with zero attached hydrogens (tertiary/aromatic N) is 3. The highest BCUT2D eigenvalue weighted by atomic mass is 16.5. The number of anilines is 2. The lowest BCUT2D eigenvalue weighted by atomic mass is 9.57. The number of amides is 2. The second-order valence-corrected chi connectivity index (χ2v) is 6.81. The lowest BCUT2D eigenvalue weighted by molar-refractivity contribution is -0.107. The third-order valence-corrected chi connectivity index (χ3v) is 4.68. The Kier molecular flexibility index (Phi) is 3.68. The van der Waals surface area contributed by atoms with E-state index >= 15 is 0 Å². The largest absolute Gasteiger partial charge is 0.377 e. The second-order valence-electron chi connectivity index (χ2n) is 6.81. The molecular formula is C15H23N5O2. The molecule has 2 aliphatic rings. The number of carbonyl (C=O) groups excluding carboxylic acids is 1. The van der Waals surface area contributed by atoms with E-state index < -0.39 is 0 Å². The van der Waals surface area contributed by atoms with Crippen molar-refractivity contribution >= 4 is 17.7 Å². The van der Waals surface area contributed by atoms with Crippen molar-refractivity contribution in [3.63, 3.8) is 0 Å². The predicted octanol–water partition coefficient (Wildman–Crippen LogP) is 1.48. The van der Waals surface area contributed by atoms with Crippen molar-refractivity contribution in [2.45, 2.75) is 32.4 Å². The first-order valence-corrected chi connectivity index (χ1v) is 7.58. The zero-order chi connectivity index (χ0) is 15.9. The molecule has 2 heterocycles. The average Bonchev–Trinajstić information content (AvgIpc) is 2.92. The van der Waals surface area contributed by atoms with Crippen LogP contribution in [0.15, 0.2) is 12.4 Å². The van der Waals surface area contributed by atoms with Crippen molar-refractivity contribution in [1.29, 1.82) is 0 Å². The summed E-state index contributed by atoms with van der Waals surface area (Å²) in [5.74, 6) is 1.03. The van der Waals surface area contributed by atoms with Crippen LogP contribution in [0.4, 0.5) is 16.4 Å². The minimum atomic E-state index is -0.218. The Balaban J connectivity index is 1.58. The first kappa shape index (κ1) is 15.0. The SMILES string of the molecule is CN(C)c1ncc(NC(=O)N[C@@H]2[C@H]3CCO[C@@H]3C2(C)C)cn1. The molecule has 22 heavy (non-hydrogen) atoms. The summed E-state index contributed by atoms with van der Waals surface area (Å²) in [6.07, 6.45) is 4.49. The third kappa shape index (κ3) is 2.49. The Morgan fingerprint density at radius 2 is 2.05 bits per heavy atom. The molecule has 3 rings (SSSR count). The molecule has 7 heteroatoms. The van der Waals surface area contributed by atoms with Crippen molar-refractivity contribution in [3.05, 3.63) is 12.4 Å². The van der Waals surface area contributed by atoms with Gasteiger partial charge in [-0.25, -0.2) is 14.8 Å². The van der Waals surface area contributed by atoms with Crippen LogP contribution in [0, 0.1) is 11.3 Å². The highest BCUT2D eigenvalue weighted by Crippen LogP contribution is 2.52. The Morgan fingerprint density at radius 1 is 1.36 bits per heavy atom. The molecule has 0 spiro atoms. The van der Waals surface area contributed by atoms with E-state index in [0.717, 1.165) is 13.0 Å². The van der Waals surface area contributed by atoms with Crippen LogP contribution in [0.5, 0.6) is 0 Å². The van der Waals surface area contributed by atoms with E-state index in [1.54, 1.807) is 17.3 Å². The van der Waals surface area contributed by atoms with E-state index in [1.165, 1.54) is 0 Å². The fourth-order valence-corrected chi connectivity index (χ4v) is 3.54. The van der Waals surface area contributed by atoms with Gasteiger partial charge in [-0.05, 0) is 6.42 Å². The number of nitrogens with one attached hydrogen (secondary N) is 2. The minimum Gasteiger partial charge on any atom is -0.377 e. The molecule has 7 nitrogen and oxygen atoms in total. The highest BCUT2D eigenvalue weighted by molar-refractivity contribution is 5.89. The molecule has 2 amide bonds. The van der Waals surface area contributed by atoms with Gasteiger partial charge in [-0.2, -0.15) is 0 Å². The monoisotopic (exact) mass is 305 g/mol. The average molecular weight is 305 g/mol. The lowest BCUT2D eigenvalue weighted by Gasteiger charge is -2.54. The van der Waals surface area contributed by atoms with Crippen LogP contribution >= 0.6 is 0 Å². The Labute approximate surface area is 130 Å². The van der Waals surface area contributed by atoms with Gasteiger partial charge >= 0.3 is 6.03 Å². The molecule has 1 saturated heterocycles. The number of rotatable bonds is 3. The molecule has 1 saturated carbocycles. The molecule has 0 unspecified atom stereocenters. The molecule has 1 aromatic rings. The van der Waals surface area contributed by atoms with Crippen molar-refractivity contribution in [2.75, 3.05) is 30.9 Å². The number of aromatic nitrogens is 2. The number of urea groups is 1. The van der Waals surface area contributed by atoms with Gasteiger partial charge in [0.1, 0.15) is 0 Å². The van der Waals surface area contributed by atoms with E-state index in [1.807, 2.05) is 14.1 Å². The van der Waals surface area contributed by atoms with Gasteiger partial charge in [0.25, 0.3) is 0 Å². The Hall–Kier alpha value is -1.89. The number of ether oxygens (including phenoxy) is 1. The van der Waals surface area contributed by atoms with Gasteiger partial charge in [-0.3, -0.25) is 0 Å². The standard InChI is InChI=1S/C15H23N5O2/c1-15(2)11(10-5-6-22-12(10)15)19-14(21)18-9-7-16-13(17-8-9)20(3)4/h7-8,10-12H,5-6H2,1-4H3,(H2,18,19,21)/t10-,11-,12+/m1/s1. The highest BCUT2D eigenvalue weighted by Gasteiger charge is 2.59. The fourth-order valence-electron chi connectivity index (χ4n) is 3.54. The first-order chi connectivity index (χ1) is 10.4. The van der Waals surface area contributed by atoms with Gasteiger partial charge in [0.15, 0.2) is 0 Å². The molecule has 1 aliphatic heterocycles. The van der Waals surface area contributed by atoms with Crippen LogP contribution in [0.1, 0.15) is 20.3 Å². The zero-order valence-electron chi connectivity index (χ0n) is 13.5. The summed E-state index contributed by atoms with van der Waals surface area (Å²) in [5, 5.41) is 5.86. The van der Waals surface area contributed by atoms with Crippen LogP contribution in [0.25, 0.3) is 0 Å². The number of carbonyl (C=O) groups is 1. The maximum Gasteiger partial charge on any atom is 0.319 e. The van der Waals surface area contributed by atoms with Crippen molar-refractivity contribution in [1.82, 2.24) is 15.3 Å². The summed E-state index contributed by atoms with van der Waals surface area (Å²) >= 11 is 0. The lowest BCUT2D eigenvalue weighted by Crippen LogP contribution is -2.67. The molecule has 3 atom stereocenters. The molecular weight excluding hydrogens is 282 g/mol. The van der Waals surface area contributed by atoms with Crippen LogP contribution in [0.3, 0.4) is 0 Å². The van der Waals surface area contributed by atoms with Crippen LogP contribution < -0.4 is 15.5 Å². The Bertz CT molecular complexity index is 558. The normalized spacial score (nSPS) is 28.5. The van der Waals surface area contributed by atoms with E-state index in [0.29, 0.717) is 17.6 Å². The summed E-state index contributed by atoms with van der Waals surface area (Å²) in [6.45, 7) is 5.07. The summed E-state index contributed by atoms with van der Waals surface area (Å²) < 4.78 is 5.74. The predicted molar refractivity (Wildman–Crippen MR) is 83.9 cm³/mol. The van der Waals surface area contributed by atoms with Crippen molar-refractivity contribution < 1.29 is 9.53 Å². The van der Waals surface area contributed by atoms with E-state index in [9.17, 15) is 4.79 Å². The Morgan fingerprint density at radius 3 is 2.68 bits per heavy atom. The fraction of sp³-hybridized carbons (Fsp3) is 0.667. The van der Waals surface area contributed by atoms with Gasteiger partial charge in [0, 0.05) is 38.1 Å². The van der Waals surface area contributed by atoms with Crippen molar-refractivity contribution in [3.8, 4) is 0 Å². The molecule has 0 bridgehead atoms. The van der Waals surface area contributed by atoms with Crippen LogP contribution in [-0.2, 0) is 4.74 Å². The van der Waals surface area contributed by atoms with Gasteiger partial charge in [0.05, 0.1) is 24.2 Å². The van der Waals surface area contributed by atoms with Gasteiger partial charge in [-0.15, -0.1) is 0 Å². The minimum absolute atomic E-state index is 0.0240. The zero-order valence-corrected chi connectivity index (χ0v) is 13.5. The van der Waals surface area contributed by atoms with Gasteiger partial charge in [0.2, 0.25) is 5.95 Å². The number of fused-ring (bicyclic) bond motifs is 1. The molecule has 120 valence electrons. The smallest absolute Gasteiger partial charge is 0.319 e. The third-order valence-electron chi connectivity index (χ3n) is 4.68. The van der Waals surface area contributed by atoms with E-state index in [4.69, 9.17) is 4.74 Å². The molecule has 2 N–H and O–H groups in total. The second kappa shape index (κ2) is 5.39. The summed E-state index contributed by atoms with van der Waals surface area (Å²) in [5.41, 5.74) is 0.559. The van der Waals surface area contributed by atoms with Crippen LogP contribution in [-0.4, -0.2) is 48.8 Å². The molecule has 0 aromatic carbocycles. The molecule has 0 radical (unpaired) electrons. The van der Waals surface area contributed by atoms with Gasteiger partial charge < -0.3 is 20.3 Å². The van der Waals surface area contributed by atoms with Gasteiger partial charge in [-0.1, -0.05) is 13.8 Å². The molecule has 1 aliphatic carbocycles. The number of hydrogen-bond acceptors (Lipinski definition) is 5. The summed E-state index contributed by atoms with van der Waals surface area (Å²) in [4.78, 5) is 22.3. The molecule has 1 aromatic heterocycles. The maximum atomic E-state index is 12.2. The van der Waals surface area contributed by atoms with E-state index in [2.05, 4.69) is 34.4 Å². The molecule has 2 fully saturated rings. The topological polar surface area (TPSA) is 79.4 Å². The summed E-state index contributed by atoms with van der Waals surface area (Å²) in [6, 6.07) is -0.0772. The van der Waals surface area contributed by atoms with Crippen molar-refractivity contribution in [2.24, 2.45) is 11.3 Å². The van der Waals surface area contributed by atoms with Crippen LogP contribution in [0.2, 0.25) is 0 Å². The van der Waals surface area contributed by atoms with E-state index in [-0.39, 0.29) is 23.6 Å². The summed E-state index contributed by atoms with van der Waals surface area (Å²) in [7, 11) is 3.74. The quantitative estimate of drug-likeness (QED) is 0.884. The number of hydrogen-bond donors (Lipinski definition) is 2.